The molecule has 0 radical (unpaired) electrons. The molecule has 0 amide bonds. The third-order valence-electron chi connectivity index (χ3n) is 21.5. The predicted molar refractivity (Wildman–Crippen MR) is 422 cm³/mol. The Morgan fingerprint density at radius 3 is 1.38 bits per heavy atom. The van der Waals surface area contributed by atoms with Gasteiger partial charge in [-0.1, -0.05) is 129 Å². The van der Waals surface area contributed by atoms with E-state index in [0.29, 0.717) is 87.3 Å². The number of aliphatic carboxylic acids is 1. The van der Waals surface area contributed by atoms with E-state index >= 15 is 0 Å². The third-order valence-corrected chi connectivity index (χ3v) is 21.5. The smallest absolute Gasteiger partial charge is 0.872 e. The van der Waals surface area contributed by atoms with E-state index in [1.165, 1.54) is 89.5 Å². The van der Waals surface area contributed by atoms with Crippen LogP contribution in [0.5, 0.6) is 34.9 Å². The Morgan fingerprint density at radius 2 is 0.929 bits per heavy atom. The van der Waals surface area contributed by atoms with Gasteiger partial charge in [0.05, 0.1) is 63.5 Å². The quantitative estimate of drug-likeness (QED) is 0.0281. The summed E-state index contributed by atoms with van der Waals surface area (Å²) in [5.74, 6) is 1.06. The van der Waals surface area contributed by atoms with Crippen LogP contribution in [0.1, 0.15) is 246 Å². The van der Waals surface area contributed by atoms with Crippen molar-refractivity contribution in [1.29, 1.82) is 0 Å². The Balaban J connectivity index is 0.000000191. The van der Waals surface area contributed by atoms with Gasteiger partial charge in [-0.25, -0.2) is 14.0 Å². The number of nitrogens with zero attached hydrogens (tertiary/aromatic N) is 9. The van der Waals surface area contributed by atoms with Gasteiger partial charge in [-0.05, 0) is 207 Å². The zero-order valence-electron chi connectivity index (χ0n) is 69.3. The maximum Gasteiger partial charge on any atom is 1.00 e. The summed E-state index contributed by atoms with van der Waals surface area (Å²) in [4.78, 5) is 51.0. The van der Waals surface area contributed by atoms with Crippen molar-refractivity contribution < 1.29 is 112 Å². The van der Waals surface area contributed by atoms with Gasteiger partial charge in [0.15, 0.2) is 0 Å². The molecule has 0 spiro atoms. The molecule has 9 aromatic rings. The summed E-state index contributed by atoms with van der Waals surface area (Å²) in [5.41, 5.74) is 19.3. The minimum absolute atomic E-state index is 0. The summed E-state index contributed by atoms with van der Waals surface area (Å²) in [6.45, 7) is 23.0. The molecule has 13 rings (SSSR count). The standard InChI is InChI=1S/C32H43N3O4.C29H37N3O4.C29H35N3O3.2Na/c1-7-38-31(36)19-23(27-20-24(32(2,3)4)13-15-29(27)37-6)18-26-21-30(35(5)34-26)39-17-16-25-14-12-22-10-8-9-11-28(22)33-25;1-29(2,3)21-10-12-26(33)24(17-21)20(16-28(34)35)15-23-18-27(32(4)31-23)36-14-13-22-11-9-19-7-5-6-8-25(19)30-22;1-29(2,3)21-10-12-26-24(17-21)20(16-28(33)35-26)15-23-18-27(32(4)31-23)34-14-13-22-11-9-19-7-5-6-8-25(19)30-22;;/h12-15,20-21,23H,7-11,16-19H2,1-6H3;9-12,17-18,20,33H,5-8,13-16H2,1-4H3,(H,34,35);9-12,17-18,20H,5-8,13-16H2,1-4H3;;/q;;;2*+1/p-2. The molecular weight excluding hydrogens is 1430 g/mol. The molecule has 0 bridgehead atoms. The van der Waals surface area contributed by atoms with Crippen LogP contribution in [0.2, 0.25) is 0 Å². The van der Waals surface area contributed by atoms with Crippen LogP contribution in [0.4, 0.5) is 0 Å². The number of carboxylic acid groups (broad SMARTS) is 1. The average molecular weight is 1540 g/mol. The number of carbonyl (C=O) groups excluding carboxylic acids is 3. The van der Waals surface area contributed by atoms with E-state index in [1.807, 2.05) is 63.5 Å². The van der Waals surface area contributed by atoms with Gasteiger partial charge in [0.1, 0.15) is 11.5 Å². The minimum Gasteiger partial charge on any atom is -0.872 e. The molecule has 3 aliphatic carbocycles. The molecule has 1 aliphatic heterocycles. The molecule has 6 aromatic heterocycles. The van der Waals surface area contributed by atoms with Crippen LogP contribution >= 0.6 is 0 Å². The first-order chi connectivity index (χ1) is 52.5. The fourth-order valence-corrected chi connectivity index (χ4v) is 15.2. The maximum atomic E-state index is 12.7. The summed E-state index contributed by atoms with van der Waals surface area (Å²) in [5, 5.41) is 38.1. The first-order valence-electron chi connectivity index (χ1n) is 39.6. The number of carboxylic acids is 1. The number of aryl methyl sites for hydroxylation is 9. The fourth-order valence-electron chi connectivity index (χ4n) is 15.2. The van der Waals surface area contributed by atoms with Crippen LogP contribution < -0.4 is 93.0 Å². The van der Waals surface area contributed by atoms with Gasteiger partial charge in [0.25, 0.3) is 0 Å². The number of methoxy groups -OCH3 is 1. The molecule has 3 unspecified atom stereocenters. The largest absolute Gasteiger partial charge is 1.00 e. The third kappa shape index (κ3) is 24.1. The van der Waals surface area contributed by atoms with Crippen molar-refractivity contribution in [2.24, 2.45) is 21.1 Å². The molecule has 22 heteroatoms. The topological polar surface area (TPSA) is 245 Å². The first-order valence-corrected chi connectivity index (χ1v) is 39.6. The number of hydrogen-bond acceptors (Lipinski definition) is 17. The Labute approximate surface area is 706 Å². The molecule has 3 aromatic carbocycles. The number of fused-ring (bicyclic) bond motifs is 4. The van der Waals surface area contributed by atoms with Gasteiger partial charge >= 0.3 is 71.1 Å². The van der Waals surface area contributed by atoms with E-state index in [0.717, 1.165) is 108 Å². The van der Waals surface area contributed by atoms with Crippen LogP contribution in [0, 0.1) is 0 Å². The van der Waals surface area contributed by atoms with Crippen LogP contribution in [0.15, 0.2) is 109 Å². The number of rotatable bonds is 26. The minimum atomic E-state index is -1.19. The van der Waals surface area contributed by atoms with Gasteiger partial charge < -0.3 is 43.4 Å². The van der Waals surface area contributed by atoms with Crippen LogP contribution in [-0.2, 0) is 134 Å². The number of pyridine rings is 3. The fraction of sp³-hybridized carbons (Fsp3) is 0.500. The van der Waals surface area contributed by atoms with Gasteiger partial charge in [0, 0.05) is 111 Å². The Morgan fingerprint density at radius 1 is 0.518 bits per heavy atom. The van der Waals surface area contributed by atoms with Crippen LogP contribution in [0.25, 0.3) is 0 Å². The number of carbonyl (C=O) groups is 3. The zero-order chi connectivity index (χ0) is 78.4. The predicted octanol–water partition coefficient (Wildman–Crippen LogP) is 8.31. The van der Waals surface area contributed by atoms with Crippen molar-refractivity contribution in [2.45, 2.75) is 238 Å². The Hall–Kier alpha value is -7.85. The molecule has 0 N–H and O–H groups in total. The van der Waals surface area contributed by atoms with E-state index in [-0.39, 0.29) is 118 Å². The van der Waals surface area contributed by atoms with Crippen molar-refractivity contribution in [3.8, 4) is 34.9 Å². The molecule has 0 fully saturated rings. The van der Waals surface area contributed by atoms with Gasteiger partial charge in [-0.3, -0.25) is 24.5 Å². The number of esters is 2. The summed E-state index contributed by atoms with van der Waals surface area (Å²) in [6, 6.07) is 36.4. The van der Waals surface area contributed by atoms with Crippen molar-refractivity contribution >= 4 is 17.9 Å². The van der Waals surface area contributed by atoms with E-state index in [4.69, 9.17) is 48.5 Å². The monoisotopic (exact) mass is 1540 g/mol. The summed E-state index contributed by atoms with van der Waals surface area (Å²) in [6.07, 6.45) is 18.1. The summed E-state index contributed by atoms with van der Waals surface area (Å²) >= 11 is 0. The molecule has 7 heterocycles. The number of hydrogen-bond donors (Lipinski definition) is 0. The van der Waals surface area contributed by atoms with Crippen molar-refractivity contribution in [1.82, 2.24) is 44.3 Å². The second-order valence-electron chi connectivity index (χ2n) is 33.1. The van der Waals surface area contributed by atoms with Gasteiger partial charge in [0.2, 0.25) is 17.6 Å². The molecule has 586 valence electrons. The molecule has 20 nitrogen and oxygen atoms in total. The van der Waals surface area contributed by atoms with Crippen LogP contribution in [0.3, 0.4) is 0 Å². The maximum absolute atomic E-state index is 12.7. The van der Waals surface area contributed by atoms with Crippen LogP contribution in [-0.4, -0.2) is 95.7 Å². The summed E-state index contributed by atoms with van der Waals surface area (Å²) < 4.78 is 40.0. The van der Waals surface area contributed by atoms with E-state index < -0.39 is 11.9 Å². The second kappa shape index (κ2) is 39.9. The Bertz CT molecular complexity index is 4680. The number of benzene rings is 3. The van der Waals surface area contributed by atoms with E-state index in [2.05, 4.69) is 133 Å². The molecule has 112 heavy (non-hydrogen) atoms. The molecule has 0 saturated carbocycles. The number of ether oxygens (including phenoxy) is 6. The molecule has 3 atom stereocenters. The SMILES string of the molecule is CCOC(=O)CC(Cc1cc(OCCc2ccc3c(n2)CCCC3)n(C)n1)c1cc(C(C)(C)C)ccc1OC.Cn1nc(CC(CC(=O)[O-])c2cc(C(C)(C)C)ccc2[O-])cc1OCCc1ccc2c(n1)CCCC2.Cn1nc(CC2CC(=O)Oc3ccc(C(C)(C)C)cc32)cc1OCCc1ccc2c(n1)CCCC2.[Na+].[Na+]. The second-order valence-corrected chi connectivity index (χ2v) is 33.1. The van der Waals surface area contributed by atoms with Gasteiger partial charge in [-0.15, -0.1) is 5.75 Å². The molecular formula is C90H113N9Na2O11. The molecule has 4 aliphatic rings. The molecule has 0 saturated heterocycles. The summed E-state index contributed by atoms with van der Waals surface area (Å²) in [7, 11) is 7.25. The zero-order valence-corrected chi connectivity index (χ0v) is 73.3. The Kier molecular flexibility index (Phi) is 31.4. The van der Waals surface area contributed by atoms with E-state index in [9.17, 15) is 24.6 Å². The van der Waals surface area contributed by atoms with Crippen molar-refractivity contribution in [3.05, 3.63) is 211 Å². The van der Waals surface area contributed by atoms with Crippen molar-refractivity contribution in [2.75, 3.05) is 33.5 Å². The average Bonchev–Trinajstić information content (AvgIpc) is 1.08. The van der Waals surface area contributed by atoms with Crippen molar-refractivity contribution in [3.63, 3.8) is 0 Å². The normalized spacial score (nSPS) is 14.9. The first kappa shape index (κ1) is 88.1. The van der Waals surface area contributed by atoms with E-state index in [1.54, 1.807) is 28.2 Å². The van der Waals surface area contributed by atoms with Gasteiger partial charge in [-0.2, -0.15) is 15.3 Å². The number of aromatic nitrogens is 9.